The Balaban J connectivity index is 1.88. The molecular formula is C11H13BO2. The normalized spacial score (nSPS) is 21.9. The average Bonchev–Trinajstić information content (AvgIpc) is 2.99. The van der Waals surface area contributed by atoms with E-state index in [2.05, 4.69) is 0 Å². The van der Waals surface area contributed by atoms with Crippen molar-refractivity contribution < 1.29 is 9.47 Å². The highest BCUT2D eigenvalue weighted by molar-refractivity contribution is 6.32. The van der Waals surface area contributed by atoms with Crippen LogP contribution in [0.25, 0.3) is 0 Å². The molecule has 0 saturated carbocycles. The van der Waals surface area contributed by atoms with Gasteiger partial charge in [-0.05, 0) is 12.5 Å². The largest absolute Gasteiger partial charge is 0.371 e. The number of hydrogen-bond acceptors (Lipinski definition) is 2. The van der Waals surface area contributed by atoms with Crippen LogP contribution < -0.4 is 5.46 Å². The second kappa shape index (κ2) is 4.15. The average molecular weight is 188 g/mol. The summed E-state index contributed by atoms with van der Waals surface area (Å²) in [5.41, 5.74) is 1.94. The molecule has 0 spiro atoms. The van der Waals surface area contributed by atoms with Crippen molar-refractivity contribution in [3.63, 3.8) is 0 Å². The number of benzene rings is 1. The van der Waals surface area contributed by atoms with Crippen LogP contribution in [0.5, 0.6) is 0 Å². The summed E-state index contributed by atoms with van der Waals surface area (Å²) in [7, 11) is 5.60. The van der Waals surface area contributed by atoms with Gasteiger partial charge in [0, 0.05) is 0 Å². The summed E-state index contributed by atoms with van der Waals surface area (Å²) in [6.07, 6.45) is 0.436. The molecular weight excluding hydrogens is 175 g/mol. The van der Waals surface area contributed by atoms with Gasteiger partial charge in [-0.2, -0.15) is 0 Å². The van der Waals surface area contributed by atoms with E-state index in [0.29, 0.717) is 12.7 Å². The third-order valence-corrected chi connectivity index (χ3v) is 2.34. The first-order valence-electron chi connectivity index (χ1n) is 4.84. The second-order valence-electron chi connectivity index (χ2n) is 3.60. The molecule has 2 rings (SSSR count). The van der Waals surface area contributed by atoms with E-state index in [1.165, 1.54) is 0 Å². The first-order chi connectivity index (χ1) is 6.75. The van der Waals surface area contributed by atoms with Crippen LogP contribution in [0.1, 0.15) is 18.6 Å². The van der Waals surface area contributed by atoms with Gasteiger partial charge in [-0.25, -0.2) is 0 Å². The molecule has 1 saturated heterocycles. The molecule has 0 unspecified atom stereocenters. The van der Waals surface area contributed by atoms with Crippen LogP contribution >= 0.6 is 0 Å². The lowest BCUT2D eigenvalue weighted by Crippen LogP contribution is -2.08. The van der Waals surface area contributed by atoms with E-state index in [-0.39, 0.29) is 6.10 Å². The quantitative estimate of drug-likeness (QED) is 0.518. The summed E-state index contributed by atoms with van der Waals surface area (Å²) in [4.78, 5) is 0. The van der Waals surface area contributed by atoms with Crippen LogP contribution in [0.3, 0.4) is 0 Å². The number of epoxide rings is 1. The molecule has 14 heavy (non-hydrogen) atoms. The molecule has 2 radical (unpaired) electrons. The first-order valence-corrected chi connectivity index (χ1v) is 4.84. The lowest BCUT2D eigenvalue weighted by molar-refractivity contribution is 0.0540. The zero-order chi connectivity index (χ0) is 9.97. The van der Waals surface area contributed by atoms with Gasteiger partial charge in [0.2, 0.25) is 0 Å². The van der Waals surface area contributed by atoms with E-state index >= 15 is 0 Å². The summed E-state index contributed by atoms with van der Waals surface area (Å²) in [5, 5.41) is 0. The van der Waals surface area contributed by atoms with E-state index in [9.17, 15) is 0 Å². The van der Waals surface area contributed by atoms with E-state index in [1.807, 2.05) is 31.2 Å². The minimum atomic E-state index is 0.111. The maximum Gasteiger partial charge on any atom is 0.113 e. The van der Waals surface area contributed by atoms with Crippen molar-refractivity contribution in [3.05, 3.63) is 29.8 Å². The number of ether oxygens (including phenoxy) is 2. The zero-order valence-corrected chi connectivity index (χ0v) is 8.27. The monoisotopic (exact) mass is 188 g/mol. The molecule has 0 N–H and O–H groups in total. The lowest BCUT2D eigenvalue weighted by atomic mass is 9.94. The molecule has 1 aromatic rings. The Hall–Kier alpha value is -0.795. The van der Waals surface area contributed by atoms with Gasteiger partial charge in [-0.1, -0.05) is 29.7 Å². The van der Waals surface area contributed by atoms with Gasteiger partial charge < -0.3 is 9.47 Å². The first kappa shape index (κ1) is 9.75. The van der Waals surface area contributed by atoms with Crippen molar-refractivity contribution in [3.8, 4) is 0 Å². The molecule has 0 aromatic heterocycles. The van der Waals surface area contributed by atoms with Crippen molar-refractivity contribution in [2.45, 2.75) is 19.1 Å². The molecule has 0 bridgehead atoms. The van der Waals surface area contributed by atoms with E-state index < -0.39 is 0 Å². The van der Waals surface area contributed by atoms with E-state index in [1.54, 1.807) is 0 Å². The molecule has 1 fully saturated rings. The van der Waals surface area contributed by atoms with Crippen molar-refractivity contribution in [1.29, 1.82) is 0 Å². The third kappa shape index (κ3) is 2.60. The smallest absolute Gasteiger partial charge is 0.113 e. The van der Waals surface area contributed by atoms with Crippen LogP contribution in [0.15, 0.2) is 24.3 Å². The minimum absolute atomic E-state index is 0.111. The Labute approximate surface area is 85.6 Å². The van der Waals surface area contributed by atoms with E-state index in [0.717, 1.165) is 17.6 Å². The van der Waals surface area contributed by atoms with E-state index in [4.69, 9.17) is 17.3 Å². The van der Waals surface area contributed by atoms with Gasteiger partial charge in [0.1, 0.15) is 14.0 Å². The van der Waals surface area contributed by atoms with Crippen LogP contribution in [0.2, 0.25) is 0 Å². The molecule has 0 amide bonds. The SMILES string of the molecule is [B]c1ccc([C@@H](C)OC[C@H]2CO2)cc1. The molecule has 1 heterocycles. The maximum atomic E-state index is 5.63. The van der Waals surface area contributed by atoms with Gasteiger partial charge in [0.15, 0.2) is 0 Å². The predicted octanol–water partition coefficient (Wildman–Crippen LogP) is 0.957. The Kier molecular flexibility index (Phi) is 2.89. The summed E-state index contributed by atoms with van der Waals surface area (Å²) in [6, 6.07) is 7.77. The molecule has 1 aliphatic heterocycles. The molecule has 2 nitrogen and oxygen atoms in total. The Morgan fingerprint density at radius 1 is 1.50 bits per heavy atom. The van der Waals surface area contributed by atoms with Gasteiger partial charge in [-0.3, -0.25) is 0 Å². The van der Waals surface area contributed by atoms with Gasteiger partial charge in [0.05, 0.1) is 19.3 Å². The van der Waals surface area contributed by atoms with Crippen LogP contribution in [-0.4, -0.2) is 27.2 Å². The Morgan fingerprint density at radius 2 is 2.14 bits per heavy atom. The molecule has 0 aliphatic carbocycles. The number of hydrogen-bond donors (Lipinski definition) is 0. The lowest BCUT2D eigenvalue weighted by Gasteiger charge is -2.12. The molecule has 1 aromatic carbocycles. The highest BCUT2D eigenvalue weighted by Gasteiger charge is 2.23. The maximum absolute atomic E-state index is 5.63. The van der Waals surface area contributed by atoms with Crippen molar-refractivity contribution in [1.82, 2.24) is 0 Å². The van der Waals surface area contributed by atoms with Gasteiger partial charge in [-0.15, -0.1) is 0 Å². The molecule has 1 aliphatic rings. The zero-order valence-electron chi connectivity index (χ0n) is 8.27. The van der Waals surface area contributed by atoms with Gasteiger partial charge >= 0.3 is 0 Å². The summed E-state index contributed by atoms with van der Waals surface area (Å²) >= 11 is 0. The molecule has 2 atom stereocenters. The Morgan fingerprint density at radius 3 is 2.71 bits per heavy atom. The fourth-order valence-electron chi connectivity index (χ4n) is 1.28. The topological polar surface area (TPSA) is 21.8 Å². The second-order valence-corrected chi connectivity index (χ2v) is 3.60. The predicted molar refractivity (Wildman–Crippen MR) is 55.9 cm³/mol. The van der Waals surface area contributed by atoms with Crippen molar-refractivity contribution in [2.75, 3.05) is 13.2 Å². The molecule has 72 valence electrons. The summed E-state index contributed by atoms with van der Waals surface area (Å²) in [5.74, 6) is 0. The summed E-state index contributed by atoms with van der Waals surface area (Å²) in [6.45, 7) is 3.56. The fourth-order valence-corrected chi connectivity index (χ4v) is 1.28. The fraction of sp³-hybridized carbons (Fsp3) is 0.455. The van der Waals surface area contributed by atoms with Crippen molar-refractivity contribution >= 4 is 13.3 Å². The molecule has 3 heteroatoms. The van der Waals surface area contributed by atoms with Crippen LogP contribution in [0.4, 0.5) is 0 Å². The van der Waals surface area contributed by atoms with Crippen LogP contribution in [-0.2, 0) is 9.47 Å². The van der Waals surface area contributed by atoms with Crippen molar-refractivity contribution in [2.24, 2.45) is 0 Å². The summed E-state index contributed by atoms with van der Waals surface area (Å²) < 4.78 is 10.7. The minimum Gasteiger partial charge on any atom is -0.371 e. The van der Waals surface area contributed by atoms with Gasteiger partial charge in [0.25, 0.3) is 0 Å². The third-order valence-electron chi connectivity index (χ3n) is 2.34. The highest BCUT2D eigenvalue weighted by atomic mass is 16.6. The highest BCUT2D eigenvalue weighted by Crippen LogP contribution is 2.18. The number of rotatable bonds is 4. The standard InChI is InChI=1S/C11H13BO2/c1-8(13-6-11-7-14-11)9-2-4-10(12)5-3-9/h2-5,8,11H,6-7H2,1H3/t8-,11+/m1/s1. The Bertz CT molecular complexity index is 293. The van der Waals surface area contributed by atoms with Crippen LogP contribution in [0, 0.1) is 0 Å².